The Morgan fingerprint density at radius 3 is 2.73 bits per heavy atom. The summed E-state index contributed by atoms with van der Waals surface area (Å²) in [4.78, 5) is 11.9. The lowest BCUT2D eigenvalue weighted by Crippen LogP contribution is -2.17. The number of para-hydroxylation sites is 2. The number of nitrogens with one attached hydrogen (secondary N) is 1. The average molecular weight is 296 g/mol. The van der Waals surface area contributed by atoms with Gasteiger partial charge in [-0.2, -0.15) is 5.10 Å². The van der Waals surface area contributed by atoms with Crippen molar-refractivity contribution < 1.29 is 14.6 Å². The molecule has 2 aromatic carbocycles. The van der Waals surface area contributed by atoms with Crippen LogP contribution in [0, 0.1) is 0 Å². The van der Waals surface area contributed by atoms with Crippen LogP contribution in [0.3, 0.4) is 0 Å². The molecule has 0 radical (unpaired) electrons. The summed E-state index contributed by atoms with van der Waals surface area (Å²) in [6.45, 7) is 3.98. The zero-order chi connectivity index (χ0) is 15.8. The number of phenols is 1. The molecule has 112 valence electrons. The van der Waals surface area contributed by atoms with E-state index in [4.69, 9.17) is 4.74 Å². The van der Waals surface area contributed by atoms with E-state index in [0.717, 1.165) is 5.56 Å². The highest BCUT2D eigenvalue weighted by molar-refractivity contribution is 5.97. The average Bonchev–Trinajstić information content (AvgIpc) is 2.54. The van der Waals surface area contributed by atoms with E-state index in [1.807, 2.05) is 18.2 Å². The molecule has 2 rings (SSSR count). The quantitative estimate of drug-likeness (QED) is 0.489. The van der Waals surface area contributed by atoms with Crippen molar-refractivity contribution in [2.45, 2.75) is 0 Å². The highest BCUT2D eigenvalue weighted by Gasteiger charge is 2.08. The summed E-state index contributed by atoms with van der Waals surface area (Å²) < 4.78 is 5.49. The van der Waals surface area contributed by atoms with Gasteiger partial charge in [-0.05, 0) is 24.3 Å². The van der Waals surface area contributed by atoms with Crippen LogP contribution in [0.25, 0.3) is 0 Å². The van der Waals surface area contributed by atoms with Gasteiger partial charge in [0.2, 0.25) is 0 Å². The largest absolute Gasteiger partial charge is 0.507 e. The monoisotopic (exact) mass is 296 g/mol. The number of phenolic OH excluding ortho intramolecular Hbond substituents is 1. The van der Waals surface area contributed by atoms with Crippen molar-refractivity contribution in [3.05, 3.63) is 72.3 Å². The molecule has 0 aliphatic carbocycles. The Labute approximate surface area is 128 Å². The highest BCUT2D eigenvalue weighted by atomic mass is 16.5. The second kappa shape index (κ2) is 7.64. The van der Waals surface area contributed by atoms with Crippen molar-refractivity contribution in [1.29, 1.82) is 0 Å². The number of aromatic hydroxyl groups is 1. The fourth-order valence-corrected chi connectivity index (χ4v) is 1.75. The Balaban J connectivity index is 2.05. The van der Waals surface area contributed by atoms with Crippen LogP contribution >= 0.6 is 0 Å². The maximum atomic E-state index is 11.9. The predicted molar refractivity (Wildman–Crippen MR) is 85.3 cm³/mol. The number of carbonyl (C=O) groups excluding carboxylic acids is 1. The molecule has 5 nitrogen and oxygen atoms in total. The number of benzene rings is 2. The smallest absolute Gasteiger partial charge is 0.275 e. The molecule has 22 heavy (non-hydrogen) atoms. The summed E-state index contributed by atoms with van der Waals surface area (Å²) in [5.41, 5.74) is 3.25. The van der Waals surface area contributed by atoms with Gasteiger partial charge in [0.05, 0.1) is 11.8 Å². The number of rotatable bonds is 6. The van der Waals surface area contributed by atoms with E-state index in [1.54, 1.807) is 24.3 Å². The maximum Gasteiger partial charge on any atom is 0.275 e. The minimum atomic E-state index is -0.487. The second-order valence-electron chi connectivity index (χ2n) is 4.35. The molecule has 0 aromatic heterocycles. The number of hydrogen-bond acceptors (Lipinski definition) is 4. The summed E-state index contributed by atoms with van der Waals surface area (Å²) >= 11 is 0. The van der Waals surface area contributed by atoms with Crippen LogP contribution in [-0.2, 0) is 0 Å². The summed E-state index contributed by atoms with van der Waals surface area (Å²) in [7, 11) is 0. The second-order valence-corrected chi connectivity index (χ2v) is 4.35. The molecule has 0 saturated carbocycles. The zero-order valence-electron chi connectivity index (χ0n) is 11.9. The van der Waals surface area contributed by atoms with E-state index >= 15 is 0 Å². The Hall–Kier alpha value is -3.08. The van der Waals surface area contributed by atoms with Crippen LogP contribution in [0.2, 0.25) is 0 Å². The molecule has 0 spiro atoms. The molecule has 0 fully saturated rings. The normalized spacial score (nSPS) is 10.4. The van der Waals surface area contributed by atoms with E-state index in [2.05, 4.69) is 17.1 Å². The van der Waals surface area contributed by atoms with Gasteiger partial charge in [0, 0.05) is 5.56 Å². The molecular formula is C17H16N2O3. The van der Waals surface area contributed by atoms with Gasteiger partial charge in [0.1, 0.15) is 18.1 Å². The van der Waals surface area contributed by atoms with E-state index in [9.17, 15) is 9.90 Å². The molecule has 2 aromatic rings. The van der Waals surface area contributed by atoms with E-state index in [1.165, 1.54) is 18.3 Å². The molecule has 1 amide bonds. The van der Waals surface area contributed by atoms with Gasteiger partial charge in [-0.25, -0.2) is 5.43 Å². The van der Waals surface area contributed by atoms with Gasteiger partial charge < -0.3 is 9.84 Å². The first-order chi connectivity index (χ1) is 10.7. The minimum absolute atomic E-state index is 0.0927. The van der Waals surface area contributed by atoms with Crippen molar-refractivity contribution in [3.63, 3.8) is 0 Å². The van der Waals surface area contributed by atoms with Gasteiger partial charge in [0.25, 0.3) is 5.91 Å². The molecule has 2 N–H and O–H groups in total. The van der Waals surface area contributed by atoms with Gasteiger partial charge in [-0.3, -0.25) is 4.79 Å². The van der Waals surface area contributed by atoms with Crippen LogP contribution in [0.1, 0.15) is 15.9 Å². The van der Waals surface area contributed by atoms with Crippen LogP contribution in [-0.4, -0.2) is 23.8 Å². The predicted octanol–water partition coefficient (Wildman–Crippen LogP) is 2.72. The van der Waals surface area contributed by atoms with Crippen molar-refractivity contribution in [2.24, 2.45) is 5.10 Å². The Bertz CT molecular complexity index is 696. The first-order valence-electron chi connectivity index (χ1n) is 6.66. The highest BCUT2D eigenvalue weighted by Crippen LogP contribution is 2.16. The third-order valence-electron chi connectivity index (χ3n) is 2.79. The van der Waals surface area contributed by atoms with E-state index < -0.39 is 5.91 Å². The first kappa shape index (κ1) is 15.3. The van der Waals surface area contributed by atoms with Crippen molar-refractivity contribution in [1.82, 2.24) is 5.43 Å². The minimum Gasteiger partial charge on any atom is -0.507 e. The fraction of sp³-hybridized carbons (Fsp3) is 0.0588. The standard InChI is InChI=1S/C17H16N2O3/c1-2-11-22-16-10-6-3-7-13(16)12-18-19-17(21)14-8-4-5-9-15(14)20/h2-10,12,20H,1,11H2,(H,19,21)/b18-12-. The summed E-state index contributed by atoms with van der Waals surface area (Å²) in [5.74, 6) is 0.0618. The SMILES string of the molecule is C=CCOc1ccccc1/C=N\NC(=O)c1ccccc1O. The molecule has 5 heteroatoms. The third kappa shape index (κ3) is 3.96. The zero-order valence-corrected chi connectivity index (χ0v) is 11.9. The molecule has 0 bridgehead atoms. The van der Waals surface area contributed by atoms with Gasteiger partial charge in [0.15, 0.2) is 0 Å². The lowest BCUT2D eigenvalue weighted by molar-refractivity contribution is 0.0952. The number of nitrogens with zero attached hydrogens (tertiary/aromatic N) is 1. The van der Waals surface area contributed by atoms with Crippen LogP contribution in [0.5, 0.6) is 11.5 Å². The van der Waals surface area contributed by atoms with Gasteiger partial charge in [-0.1, -0.05) is 36.9 Å². The molecule has 0 saturated heterocycles. The number of ether oxygens (including phenoxy) is 1. The number of hydrogen-bond donors (Lipinski definition) is 2. The van der Waals surface area contributed by atoms with Crippen molar-refractivity contribution in [3.8, 4) is 11.5 Å². The van der Waals surface area contributed by atoms with Crippen LogP contribution < -0.4 is 10.2 Å². The molecule has 0 heterocycles. The fourth-order valence-electron chi connectivity index (χ4n) is 1.75. The Morgan fingerprint density at radius 1 is 1.23 bits per heavy atom. The summed E-state index contributed by atoms with van der Waals surface area (Å²) in [5, 5.41) is 13.5. The van der Waals surface area contributed by atoms with Crippen molar-refractivity contribution in [2.75, 3.05) is 6.61 Å². The van der Waals surface area contributed by atoms with E-state index in [0.29, 0.717) is 12.4 Å². The maximum absolute atomic E-state index is 11.9. The lowest BCUT2D eigenvalue weighted by Gasteiger charge is -2.06. The topological polar surface area (TPSA) is 70.9 Å². The van der Waals surface area contributed by atoms with Crippen LogP contribution in [0.4, 0.5) is 0 Å². The van der Waals surface area contributed by atoms with Gasteiger partial charge >= 0.3 is 0 Å². The molecule has 0 aliphatic rings. The molecule has 0 unspecified atom stereocenters. The number of amides is 1. The Morgan fingerprint density at radius 2 is 1.95 bits per heavy atom. The summed E-state index contributed by atoms with van der Waals surface area (Å²) in [6.07, 6.45) is 3.13. The molecule has 0 aliphatic heterocycles. The molecular weight excluding hydrogens is 280 g/mol. The lowest BCUT2D eigenvalue weighted by atomic mass is 10.2. The van der Waals surface area contributed by atoms with E-state index in [-0.39, 0.29) is 11.3 Å². The van der Waals surface area contributed by atoms with Gasteiger partial charge in [-0.15, -0.1) is 0 Å². The molecule has 0 atom stereocenters. The van der Waals surface area contributed by atoms with Crippen molar-refractivity contribution >= 4 is 12.1 Å². The number of carbonyl (C=O) groups is 1. The Kier molecular flexibility index (Phi) is 5.31. The third-order valence-corrected chi connectivity index (χ3v) is 2.79. The first-order valence-corrected chi connectivity index (χ1v) is 6.66. The van der Waals surface area contributed by atoms with Crippen LogP contribution in [0.15, 0.2) is 66.3 Å². The number of hydrazone groups is 1. The summed E-state index contributed by atoms with van der Waals surface area (Å²) in [6, 6.07) is 13.6.